The molecule has 63 heavy (non-hydrogen) atoms. The van der Waals surface area contributed by atoms with Gasteiger partial charge in [0.15, 0.2) is 0 Å². The molecule has 1 atom stereocenters. The Labute approximate surface area is 379 Å². The zero-order valence-corrected chi connectivity index (χ0v) is 39.6. The maximum atomic E-state index is 2.50. The van der Waals surface area contributed by atoms with Crippen molar-refractivity contribution in [2.75, 3.05) is 4.90 Å². The van der Waals surface area contributed by atoms with Gasteiger partial charge in [0.05, 0.1) is 5.69 Å². The second kappa shape index (κ2) is 16.2. The molecule has 0 bridgehead atoms. The van der Waals surface area contributed by atoms with Crippen molar-refractivity contribution in [1.82, 2.24) is 0 Å². The van der Waals surface area contributed by atoms with Crippen LogP contribution in [-0.2, 0) is 21.7 Å². The van der Waals surface area contributed by atoms with Crippen LogP contribution >= 0.6 is 0 Å². The molecule has 1 unspecified atom stereocenters. The van der Waals surface area contributed by atoms with Gasteiger partial charge in [-0.05, 0) is 139 Å². The maximum absolute atomic E-state index is 2.50. The summed E-state index contributed by atoms with van der Waals surface area (Å²) in [5, 5.41) is 0. The number of hydrogen-bond donors (Lipinski definition) is 0. The van der Waals surface area contributed by atoms with E-state index in [0.29, 0.717) is 5.92 Å². The molecule has 1 fully saturated rings. The van der Waals surface area contributed by atoms with Crippen LogP contribution in [0.5, 0.6) is 0 Å². The van der Waals surface area contributed by atoms with Gasteiger partial charge in [-0.25, -0.2) is 0 Å². The zero-order valence-electron chi connectivity index (χ0n) is 39.6. The number of hydrogen-bond acceptors (Lipinski definition) is 1. The fourth-order valence-corrected chi connectivity index (χ4v) is 11.0. The largest absolute Gasteiger partial charge is 0.310 e. The highest BCUT2D eigenvalue weighted by molar-refractivity contribution is 5.91. The van der Waals surface area contributed by atoms with Crippen LogP contribution in [-0.4, -0.2) is 0 Å². The third-order valence-electron chi connectivity index (χ3n) is 14.3. The van der Waals surface area contributed by atoms with Crippen molar-refractivity contribution in [2.24, 2.45) is 0 Å². The van der Waals surface area contributed by atoms with Gasteiger partial charge in [-0.3, -0.25) is 0 Å². The lowest BCUT2D eigenvalue weighted by Gasteiger charge is -2.37. The quantitative estimate of drug-likeness (QED) is 0.155. The van der Waals surface area contributed by atoms with Crippen LogP contribution in [0.2, 0.25) is 0 Å². The number of para-hydroxylation sites is 1. The fourth-order valence-electron chi connectivity index (χ4n) is 11.0. The molecule has 7 aromatic rings. The highest BCUT2D eigenvalue weighted by Gasteiger charge is 2.41. The molecule has 320 valence electrons. The minimum Gasteiger partial charge on any atom is -0.310 e. The highest BCUT2D eigenvalue weighted by atomic mass is 15.1. The zero-order chi connectivity index (χ0) is 44.3. The molecule has 0 radical (unpaired) electrons. The molecule has 0 aromatic heterocycles. The molecule has 0 aliphatic heterocycles. The summed E-state index contributed by atoms with van der Waals surface area (Å²) >= 11 is 0. The van der Waals surface area contributed by atoms with E-state index in [9.17, 15) is 0 Å². The van der Waals surface area contributed by atoms with E-state index in [0.717, 1.165) is 17.1 Å². The van der Waals surface area contributed by atoms with Crippen LogP contribution in [0.15, 0.2) is 158 Å². The molecule has 0 spiro atoms. The first-order valence-electron chi connectivity index (χ1n) is 23.6. The third kappa shape index (κ3) is 7.88. The predicted molar refractivity (Wildman–Crippen MR) is 271 cm³/mol. The normalized spacial score (nSPS) is 16.7. The summed E-state index contributed by atoms with van der Waals surface area (Å²) in [5.74, 6) is 0.684. The Hall–Kier alpha value is -5.66. The van der Waals surface area contributed by atoms with Gasteiger partial charge in [-0.2, -0.15) is 0 Å². The van der Waals surface area contributed by atoms with Crippen LogP contribution in [0.25, 0.3) is 33.4 Å². The van der Waals surface area contributed by atoms with E-state index >= 15 is 0 Å². The number of fused-ring (bicyclic) bond motifs is 3. The average Bonchev–Trinajstić information content (AvgIpc) is 3.54. The number of anilines is 3. The van der Waals surface area contributed by atoms with Gasteiger partial charge in [0.25, 0.3) is 0 Å². The van der Waals surface area contributed by atoms with Crippen molar-refractivity contribution < 1.29 is 0 Å². The highest BCUT2D eigenvalue weighted by Crippen LogP contribution is 2.55. The first kappa shape index (κ1) is 42.6. The summed E-state index contributed by atoms with van der Waals surface area (Å²) in [4.78, 5) is 2.49. The summed E-state index contributed by atoms with van der Waals surface area (Å²) in [6.45, 7) is 23.8. The van der Waals surface area contributed by atoms with Crippen LogP contribution in [0.1, 0.15) is 146 Å². The molecule has 1 heteroatoms. The van der Waals surface area contributed by atoms with E-state index in [2.05, 4.69) is 232 Å². The van der Waals surface area contributed by atoms with Gasteiger partial charge < -0.3 is 4.90 Å². The molecule has 9 rings (SSSR count). The Kier molecular flexibility index (Phi) is 10.9. The Morgan fingerprint density at radius 3 is 1.62 bits per heavy atom. The summed E-state index contributed by atoms with van der Waals surface area (Å²) < 4.78 is 0. The average molecular weight is 826 g/mol. The SMILES string of the molecule is CC(C)(C)c1cc(-c2ccc(N(c3ccc4c(c3)C(C)(c3ccc(C5CCCCC5)cc3)c3ccccc3-4)c3ccccc3-c3ccccc3)cc2)cc(C(C)(C)C)c1C(C)(C)C. The predicted octanol–water partition coefficient (Wildman–Crippen LogP) is 17.8. The lowest BCUT2D eigenvalue weighted by atomic mass is 9.68. The lowest BCUT2D eigenvalue weighted by Crippen LogP contribution is -2.28. The van der Waals surface area contributed by atoms with Crippen LogP contribution in [0, 0.1) is 0 Å². The number of rotatable bonds is 7. The van der Waals surface area contributed by atoms with E-state index in [1.807, 2.05) is 0 Å². The fraction of sp³-hybridized carbons (Fsp3) is 0.323. The minimum atomic E-state index is -0.309. The molecule has 0 heterocycles. The Morgan fingerprint density at radius 2 is 1.00 bits per heavy atom. The first-order valence-corrected chi connectivity index (χ1v) is 23.6. The van der Waals surface area contributed by atoms with Gasteiger partial charge in [0.2, 0.25) is 0 Å². The van der Waals surface area contributed by atoms with E-state index in [1.165, 1.54) is 104 Å². The summed E-state index contributed by atoms with van der Waals surface area (Å²) in [5.41, 5.74) is 20.7. The van der Waals surface area contributed by atoms with E-state index in [-0.39, 0.29) is 21.7 Å². The summed E-state index contributed by atoms with van der Waals surface area (Å²) in [7, 11) is 0. The molecule has 7 aromatic carbocycles. The summed E-state index contributed by atoms with van der Waals surface area (Å²) in [6.07, 6.45) is 6.70. The van der Waals surface area contributed by atoms with Gasteiger partial charge in [0, 0.05) is 22.4 Å². The van der Waals surface area contributed by atoms with E-state index in [4.69, 9.17) is 0 Å². The second-order valence-corrected chi connectivity index (χ2v) is 21.8. The molecule has 1 saturated carbocycles. The first-order chi connectivity index (χ1) is 30.0. The molecular formula is C62H67N. The van der Waals surface area contributed by atoms with Crippen molar-refractivity contribution in [3.05, 3.63) is 197 Å². The van der Waals surface area contributed by atoms with E-state index in [1.54, 1.807) is 0 Å². The van der Waals surface area contributed by atoms with Crippen LogP contribution in [0.4, 0.5) is 17.1 Å². The molecule has 2 aliphatic carbocycles. The Balaban J connectivity index is 1.20. The van der Waals surface area contributed by atoms with Gasteiger partial charge in [-0.1, -0.05) is 209 Å². The molecule has 2 aliphatic rings. The Bertz CT molecular complexity index is 2710. The van der Waals surface area contributed by atoms with Crippen molar-refractivity contribution >= 4 is 17.1 Å². The van der Waals surface area contributed by atoms with Crippen LogP contribution < -0.4 is 4.90 Å². The van der Waals surface area contributed by atoms with Crippen molar-refractivity contribution in [3.63, 3.8) is 0 Å². The number of benzene rings is 7. The minimum absolute atomic E-state index is 0.00430. The molecule has 1 nitrogen and oxygen atoms in total. The molecule has 0 amide bonds. The molecular weight excluding hydrogens is 759 g/mol. The van der Waals surface area contributed by atoms with Gasteiger partial charge >= 0.3 is 0 Å². The van der Waals surface area contributed by atoms with Crippen molar-refractivity contribution in [3.8, 4) is 33.4 Å². The van der Waals surface area contributed by atoms with Crippen LogP contribution in [0.3, 0.4) is 0 Å². The topological polar surface area (TPSA) is 3.24 Å². The second-order valence-electron chi connectivity index (χ2n) is 21.8. The van der Waals surface area contributed by atoms with E-state index < -0.39 is 0 Å². The third-order valence-corrected chi connectivity index (χ3v) is 14.3. The van der Waals surface area contributed by atoms with Crippen molar-refractivity contribution in [2.45, 2.75) is 129 Å². The van der Waals surface area contributed by atoms with Gasteiger partial charge in [-0.15, -0.1) is 0 Å². The summed E-state index contributed by atoms with van der Waals surface area (Å²) in [6, 6.07) is 60.2. The smallest absolute Gasteiger partial charge is 0.0540 e. The maximum Gasteiger partial charge on any atom is 0.0540 e. The van der Waals surface area contributed by atoms with Crippen molar-refractivity contribution in [1.29, 1.82) is 0 Å². The Morgan fingerprint density at radius 1 is 0.444 bits per heavy atom. The molecule has 0 N–H and O–H groups in total. The standard InChI is InChI=1S/C62H67N/c1-59(2,3)55-39-46(40-56(60(4,5)6)58(55)61(7,8)9)44-31-35-48(36-32-44)63(57-28-20-18-25-50(57)45-23-15-12-16-24-45)49-37-38-52-51-26-17-19-27-53(51)62(10,54(52)41-49)47-33-29-43(30-34-47)42-21-13-11-14-22-42/h12,15-20,23-42H,11,13-14,21-22H2,1-10H3. The molecule has 0 saturated heterocycles. The lowest BCUT2D eigenvalue weighted by molar-refractivity contribution is 0.443. The van der Waals surface area contributed by atoms with Gasteiger partial charge in [0.1, 0.15) is 0 Å². The number of nitrogens with zero attached hydrogens (tertiary/aromatic N) is 1. The monoisotopic (exact) mass is 826 g/mol.